The highest BCUT2D eigenvalue weighted by atomic mass is 79.9. The van der Waals surface area contributed by atoms with Crippen molar-refractivity contribution in [2.24, 2.45) is 0 Å². The molecule has 0 bridgehead atoms. The van der Waals surface area contributed by atoms with Crippen LogP contribution in [-0.2, 0) is 14.3 Å². The van der Waals surface area contributed by atoms with Crippen LogP contribution in [0.4, 0.5) is 0 Å². The number of ether oxygens (including phenoxy) is 2. The molecule has 1 aliphatic heterocycles. The number of amides is 1. The first-order valence-electron chi connectivity index (χ1n) is 9.99. The fraction of sp³-hybridized carbons (Fsp3) is 0.348. The third-order valence-electron chi connectivity index (χ3n) is 4.96. The molecule has 8 heteroatoms. The lowest BCUT2D eigenvalue weighted by molar-refractivity contribution is -0.140. The maximum absolute atomic E-state index is 13.0. The second kappa shape index (κ2) is 10.1. The lowest BCUT2D eigenvalue weighted by atomic mass is 9.96. The Labute approximate surface area is 189 Å². The van der Waals surface area contributed by atoms with E-state index in [1.165, 1.54) is 12.0 Å². The van der Waals surface area contributed by atoms with Gasteiger partial charge in [0.2, 0.25) is 0 Å². The molecule has 1 unspecified atom stereocenters. The van der Waals surface area contributed by atoms with Gasteiger partial charge in [0.15, 0.2) is 0 Å². The van der Waals surface area contributed by atoms with Crippen LogP contribution in [0.1, 0.15) is 37.4 Å². The Morgan fingerprint density at radius 3 is 2.68 bits per heavy atom. The number of aromatic nitrogens is 1. The van der Waals surface area contributed by atoms with Gasteiger partial charge in [-0.2, -0.15) is 0 Å². The maximum Gasteiger partial charge on any atom is 0.295 e. The highest BCUT2D eigenvalue weighted by Gasteiger charge is 2.45. The van der Waals surface area contributed by atoms with E-state index >= 15 is 0 Å². The van der Waals surface area contributed by atoms with Crippen LogP contribution in [0.25, 0.3) is 5.76 Å². The number of ketones is 1. The van der Waals surface area contributed by atoms with Crippen LogP contribution >= 0.6 is 15.9 Å². The van der Waals surface area contributed by atoms with Crippen molar-refractivity contribution >= 4 is 33.4 Å². The number of pyridine rings is 1. The molecule has 1 N–H and O–H groups in total. The van der Waals surface area contributed by atoms with Crippen molar-refractivity contribution < 1.29 is 24.2 Å². The summed E-state index contributed by atoms with van der Waals surface area (Å²) in [6.07, 6.45) is 3.87. The molecule has 1 saturated heterocycles. The van der Waals surface area contributed by atoms with E-state index in [0.29, 0.717) is 40.9 Å². The Balaban J connectivity index is 2.02. The van der Waals surface area contributed by atoms with Crippen LogP contribution in [-0.4, -0.2) is 53.0 Å². The molecule has 31 heavy (non-hydrogen) atoms. The van der Waals surface area contributed by atoms with Gasteiger partial charge in [0.1, 0.15) is 11.5 Å². The Morgan fingerprint density at radius 2 is 2.06 bits per heavy atom. The molecule has 1 aromatic heterocycles. The predicted molar refractivity (Wildman–Crippen MR) is 120 cm³/mol. The zero-order chi connectivity index (χ0) is 22.5. The summed E-state index contributed by atoms with van der Waals surface area (Å²) >= 11 is 3.39. The first kappa shape index (κ1) is 23.0. The van der Waals surface area contributed by atoms with E-state index < -0.39 is 17.7 Å². The molecule has 0 spiro atoms. The molecule has 3 rings (SSSR count). The molecule has 1 aromatic carbocycles. The van der Waals surface area contributed by atoms with Crippen LogP contribution in [0.5, 0.6) is 5.75 Å². The van der Waals surface area contributed by atoms with Gasteiger partial charge in [0.05, 0.1) is 29.3 Å². The average Bonchev–Trinajstić information content (AvgIpc) is 3.01. The topological polar surface area (TPSA) is 89.0 Å². The van der Waals surface area contributed by atoms with Gasteiger partial charge in [-0.1, -0.05) is 6.07 Å². The minimum atomic E-state index is -0.728. The minimum Gasteiger partial charge on any atom is -0.507 e. The van der Waals surface area contributed by atoms with Gasteiger partial charge >= 0.3 is 0 Å². The Kier molecular flexibility index (Phi) is 7.46. The first-order valence-corrected chi connectivity index (χ1v) is 10.8. The molecule has 2 heterocycles. The molecule has 1 amide bonds. The van der Waals surface area contributed by atoms with Crippen LogP contribution in [0.2, 0.25) is 0 Å². The van der Waals surface area contributed by atoms with E-state index in [0.717, 1.165) is 0 Å². The summed E-state index contributed by atoms with van der Waals surface area (Å²) in [6, 6.07) is 7.77. The molecule has 0 aliphatic carbocycles. The smallest absolute Gasteiger partial charge is 0.295 e. The Hall–Kier alpha value is -2.71. The standard InChI is InChI=1S/C23H25BrN2O5/c1-14(2)31-11-5-10-26-20(16-6-4-9-25-13-16)19(22(28)23(26)29)21(27)15-7-8-18(30-3)17(24)12-15/h4,6-9,12-14,20,27H,5,10-11H2,1-3H3/b21-19-. The average molecular weight is 489 g/mol. The quantitative estimate of drug-likeness (QED) is 0.260. The lowest BCUT2D eigenvalue weighted by Gasteiger charge is -2.25. The summed E-state index contributed by atoms with van der Waals surface area (Å²) in [5, 5.41) is 11.1. The number of likely N-dealkylation sites (tertiary alicyclic amines) is 1. The number of rotatable bonds is 8. The number of nitrogens with zero attached hydrogens (tertiary/aromatic N) is 2. The number of hydrogen-bond donors (Lipinski definition) is 1. The van der Waals surface area contributed by atoms with Gasteiger partial charge < -0.3 is 19.5 Å². The summed E-state index contributed by atoms with van der Waals surface area (Å²) in [5.41, 5.74) is 1.10. The number of benzene rings is 1. The zero-order valence-electron chi connectivity index (χ0n) is 17.7. The van der Waals surface area contributed by atoms with Gasteiger partial charge in [-0.25, -0.2) is 0 Å². The fourth-order valence-electron chi connectivity index (χ4n) is 3.52. The summed E-state index contributed by atoms with van der Waals surface area (Å²) < 4.78 is 11.4. The molecular formula is C23H25BrN2O5. The van der Waals surface area contributed by atoms with Crippen LogP contribution in [0.15, 0.2) is 52.8 Å². The molecule has 164 valence electrons. The number of hydrogen-bond acceptors (Lipinski definition) is 6. The number of Topliss-reactive ketones (excluding diaryl/α,β-unsaturated/α-hetero) is 1. The Morgan fingerprint density at radius 1 is 1.29 bits per heavy atom. The monoisotopic (exact) mass is 488 g/mol. The number of carbonyl (C=O) groups excluding carboxylic acids is 2. The predicted octanol–water partition coefficient (Wildman–Crippen LogP) is 4.09. The third-order valence-corrected chi connectivity index (χ3v) is 5.58. The van der Waals surface area contributed by atoms with Crippen molar-refractivity contribution in [3.8, 4) is 5.75 Å². The first-order chi connectivity index (χ1) is 14.8. The fourth-order valence-corrected chi connectivity index (χ4v) is 4.06. The van der Waals surface area contributed by atoms with E-state index in [9.17, 15) is 14.7 Å². The molecule has 1 aliphatic rings. The second-order valence-electron chi connectivity index (χ2n) is 7.40. The van der Waals surface area contributed by atoms with Gasteiger partial charge in [-0.05, 0) is 66.0 Å². The van der Waals surface area contributed by atoms with Crippen LogP contribution in [0.3, 0.4) is 0 Å². The van der Waals surface area contributed by atoms with E-state index in [-0.39, 0.29) is 17.4 Å². The second-order valence-corrected chi connectivity index (χ2v) is 8.26. The highest BCUT2D eigenvalue weighted by molar-refractivity contribution is 9.10. The van der Waals surface area contributed by atoms with Crippen molar-refractivity contribution in [1.82, 2.24) is 9.88 Å². The van der Waals surface area contributed by atoms with E-state index in [1.54, 1.807) is 42.7 Å². The third kappa shape index (κ3) is 4.97. The molecule has 2 aromatic rings. The minimum absolute atomic E-state index is 0.0415. The molecule has 7 nitrogen and oxygen atoms in total. The molecule has 1 fully saturated rings. The molecule has 0 saturated carbocycles. The number of aliphatic hydroxyl groups excluding tert-OH is 1. The summed E-state index contributed by atoms with van der Waals surface area (Å²) in [6.45, 7) is 4.66. The number of aliphatic hydroxyl groups is 1. The SMILES string of the molecule is COc1ccc(/C(O)=C2/C(=O)C(=O)N(CCCOC(C)C)C2c2cccnc2)cc1Br. The van der Waals surface area contributed by atoms with Gasteiger partial charge in [-0.15, -0.1) is 0 Å². The number of methoxy groups -OCH3 is 1. The highest BCUT2D eigenvalue weighted by Crippen LogP contribution is 2.40. The van der Waals surface area contributed by atoms with Gasteiger partial charge in [0, 0.05) is 31.1 Å². The van der Waals surface area contributed by atoms with Gasteiger partial charge in [0.25, 0.3) is 11.7 Å². The van der Waals surface area contributed by atoms with Crippen LogP contribution < -0.4 is 4.74 Å². The van der Waals surface area contributed by atoms with Crippen molar-refractivity contribution in [2.75, 3.05) is 20.3 Å². The summed E-state index contributed by atoms with van der Waals surface area (Å²) in [5.74, 6) is -1.02. The number of carbonyl (C=O) groups is 2. The zero-order valence-corrected chi connectivity index (χ0v) is 19.3. The van der Waals surface area contributed by atoms with E-state index in [2.05, 4.69) is 20.9 Å². The van der Waals surface area contributed by atoms with E-state index in [4.69, 9.17) is 9.47 Å². The molecule has 0 radical (unpaired) electrons. The maximum atomic E-state index is 13.0. The van der Waals surface area contributed by atoms with Crippen LogP contribution in [0, 0.1) is 0 Å². The summed E-state index contributed by atoms with van der Waals surface area (Å²) in [4.78, 5) is 31.5. The molecular weight excluding hydrogens is 464 g/mol. The molecule has 1 atom stereocenters. The van der Waals surface area contributed by atoms with Gasteiger partial charge in [-0.3, -0.25) is 14.6 Å². The normalized spacial score (nSPS) is 18.1. The Bertz CT molecular complexity index is 991. The van der Waals surface area contributed by atoms with Crippen molar-refractivity contribution in [3.05, 3.63) is 63.9 Å². The van der Waals surface area contributed by atoms with Crippen molar-refractivity contribution in [2.45, 2.75) is 32.4 Å². The summed E-state index contributed by atoms with van der Waals surface area (Å²) in [7, 11) is 1.54. The van der Waals surface area contributed by atoms with Crippen molar-refractivity contribution in [3.63, 3.8) is 0 Å². The largest absolute Gasteiger partial charge is 0.507 e. The lowest BCUT2D eigenvalue weighted by Crippen LogP contribution is -2.31. The number of halogens is 1. The van der Waals surface area contributed by atoms with Crippen molar-refractivity contribution in [1.29, 1.82) is 0 Å². The van der Waals surface area contributed by atoms with E-state index in [1.807, 2.05) is 13.8 Å².